The van der Waals surface area contributed by atoms with Crippen LogP contribution in [0.3, 0.4) is 0 Å². The van der Waals surface area contributed by atoms with E-state index in [2.05, 4.69) is 45.0 Å². The lowest BCUT2D eigenvalue weighted by molar-refractivity contribution is -0.384. The average Bonchev–Trinajstić information content (AvgIpc) is 2.63. The number of nitro groups is 1. The number of non-ortho nitro benzene ring substituents is 1. The fraction of sp³-hybridized carbons (Fsp3) is 0.455. The summed E-state index contributed by atoms with van der Waals surface area (Å²) in [6, 6.07) is 16.9. The van der Waals surface area contributed by atoms with Crippen molar-refractivity contribution in [1.29, 1.82) is 0 Å². The predicted molar refractivity (Wildman–Crippen MR) is 110 cm³/mol. The zero-order valence-electron chi connectivity index (χ0n) is 16.1. The first kappa shape index (κ1) is 19.7. The molecule has 0 aromatic heterocycles. The van der Waals surface area contributed by atoms with Crippen LogP contribution in [0.4, 0.5) is 5.69 Å². The minimum absolute atomic E-state index is 0.0915. The highest BCUT2D eigenvalue weighted by Crippen LogP contribution is 2.44. The molecule has 1 aliphatic rings. The number of nitrogens with zero attached hydrogens (tertiary/aromatic N) is 1. The summed E-state index contributed by atoms with van der Waals surface area (Å²) in [7, 11) is 0. The van der Waals surface area contributed by atoms with Gasteiger partial charge >= 0.3 is 0 Å². The van der Waals surface area contributed by atoms with Crippen LogP contribution in [-0.2, 0) is 0 Å². The minimum atomic E-state index is -0.381. The Morgan fingerprint density at radius 1 is 1.04 bits per heavy atom. The van der Waals surface area contributed by atoms with Crippen LogP contribution in [0.2, 0.25) is 0 Å². The lowest BCUT2D eigenvalue weighted by atomic mass is 9.71. The van der Waals surface area contributed by atoms with Gasteiger partial charge in [0.15, 0.2) is 0 Å². The summed E-state index contributed by atoms with van der Waals surface area (Å²) in [4.78, 5) is 11.7. The third kappa shape index (κ3) is 5.25. The van der Waals surface area contributed by atoms with E-state index >= 15 is 0 Å². The highest BCUT2D eigenvalue weighted by Gasteiger charge is 2.37. The summed E-state index contributed by atoms with van der Waals surface area (Å²) in [5.74, 6) is 1.31. The van der Waals surface area contributed by atoms with Gasteiger partial charge in [-0.1, -0.05) is 39.0 Å². The summed E-state index contributed by atoms with van der Waals surface area (Å²) < 4.78 is 6.36. The van der Waals surface area contributed by atoms with Gasteiger partial charge in [-0.2, -0.15) is 0 Å². The van der Waals surface area contributed by atoms with Crippen molar-refractivity contribution in [2.75, 3.05) is 0 Å². The van der Waals surface area contributed by atoms with Crippen molar-refractivity contribution >= 4 is 17.4 Å². The fourth-order valence-corrected chi connectivity index (χ4v) is 4.88. The van der Waals surface area contributed by atoms with Crippen LogP contribution in [0.25, 0.3) is 0 Å². The Kier molecular flexibility index (Phi) is 6.10. The minimum Gasteiger partial charge on any atom is -0.489 e. The van der Waals surface area contributed by atoms with E-state index in [0.29, 0.717) is 16.9 Å². The van der Waals surface area contributed by atoms with Crippen molar-refractivity contribution in [1.82, 2.24) is 0 Å². The molecule has 0 heterocycles. The quantitative estimate of drug-likeness (QED) is 0.444. The molecular formula is C22H27NO3S. The average molecular weight is 386 g/mol. The number of ether oxygens (including phenoxy) is 1. The number of nitro benzene ring substituents is 1. The molecule has 2 aromatic carbocycles. The van der Waals surface area contributed by atoms with Gasteiger partial charge in [0.05, 0.1) is 4.92 Å². The standard InChI is InChI=1S/C22H27NO3S/c1-22(2,3)16-9-14-21(27-19-7-5-4-6-8-19)20(15-16)26-18-12-10-17(11-13-18)23(24)25/h4-8,10-13,16,20-21H,9,14-15H2,1-3H3/t16-,20+,21+/m0/s1. The van der Waals surface area contributed by atoms with Crippen molar-refractivity contribution < 1.29 is 9.66 Å². The van der Waals surface area contributed by atoms with Crippen LogP contribution < -0.4 is 4.74 Å². The van der Waals surface area contributed by atoms with E-state index < -0.39 is 0 Å². The van der Waals surface area contributed by atoms with Gasteiger partial charge in [0.1, 0.15) is 11.9 Å². The van der Waals surface area contributed by atoms with Crippen LogP contribution in [0, 0.1) is 21.4 Å². The summed E-state index contributed by atoms with van der Waals surface area (Å²) in [5.41, 5.74) is 0.341. The fourth-order valence-electron chi connectivity index (χ4n) is 3.64. The molecule has 4 nitrogen and oxygen atoms in total. The van der Waals surface area contributed by atoms with Gasteiger partial charge < -0.3 is 4.74 Å². The second-order valence-electron chi connectivity index (χ2n) is 8.25. The third-order valence-corrected chi connectivity index (χ3v) is 6.71. The van der Waals surface area contributed by atoms with Gasteiger partial charge in [0, 0.05) is 22.3 Å². The molecule has 0 amide bonds. The van der Waals surface area contributed by atoms with E-state index in [4.69, 9.17) is 4.74 Å². The molecule has 1 saturated carbocycles. The van der Waals surface area contributed by atoms with Gasteiger partial charge in [0.25, 0.3) is 5.69 Å². The molecule has 0 bridgehead atoms. The molecule has 0 saturated heterocycles. The van der Waals surface area contributed by atoms with E-state index in [0.717, 1.165) is 12.8 Å². The second-order valence-corrected chi connectivity index (χ2v) is 9.57. The maximum absolute atomic E-state index is 10.9. The molecule has 0 radical (unpaired) electrons. The molecule has 0 N–H and O–H groups in total. The van der Waals surface area contributed by atoms with Crippen molar-refractivity contribution in [2.24, 2.45) is 11.3 Å². The van der Waals surface area contributed by atoms with Crippen molar-refractivity contribution in [3.8, 4) is 5.75 Å². The molecular weight excluding hydrogens is 358 g/mol. The van der Waals surface area contributed by atoms with Gasteiger partial charge in [-0.05, 0) is 54.9 Å². The first-order chi connectivity index (χ1) is 12.8. The molecule has 0 spiro atoms. The molecule has 2 aromatic rings. The monoisotopic (exact) mass is 385 g/mol. The summed E-state index contributed by atoms with van der Waals surface area (Å²) in [6.45, 7) is 6.89. The van der Waals surface area contributed by atoms with Gasteiger partial charge in [-0.15, -0.1) is 11.8 Å². The molecule has 5 heteroatoms. The number of hydrogen-bond donors (Lipinski definition) is 0. The van der Waals surface area contributed by atoms with Gasteiger partial charge in [-0.25, -0.2) is 0 Å². The largest absolute Gasteiger partial charge is 0.489 e. The molecule has 1 aliphatic carbocycles. The Labute approximate surface area is 165 Å². The number of thioether (sulfide) groups is 1. The Morgan fingerprint density at radius 3 is 2.30 bits per heavy atom. The van der Waals surface area contributed by atoms with Crippen molar-refractivity contribution in [2.45, 2.75) is 56.3 Å². The molecule has 1 fully saturated rings. The van der Waals surface area contributed by atoms with Crippen LogP contribution in [0.5, 0.6) is 5.75 Å². The van der Waals surface area contributed by atoms with Crippen LogP contribution >= 0.6 is 11.8 Å². The number of benzene rings is 2. The van der Waals surface area contributed by atoms with Crippen LogP contribution in [0.15, 0.2) is 59.5 Å². The highest BCUT2D eigenvalue weighted by atomic mass is 32.2. The van der Waals surface area contributed by atoms with Crippen LogP contribution in [0.1, 0.15) is 40.0 Å². The zero-order valence-corrected chi connectivity index (χ0v) is 16.9. The highest BCUT2D eigenvalue weighted by molar-refractivity contribution is 8.00. The second kappa shape index (κ2) is 8.34. The predicted octanol–water partition coefficient (Wildman–Crippen LogP) is 6.35. The van der Waals surface area contributed by atoms with E-state index in [1.807, 2.05) is 17.8 Å². The zero-order chi connectivity index (χ0) is 19.4. The van der Waals surface area contributed by atoms with E-state index in [1.54, 1.807) is 12.1 Å². The molecule has 0 aliphatic heterocycles. The van der Waals surface area contributed by atoms with Gasteiger partial charge in [-0.3, -0.25) is 10.1 Å². The maximum atomic E-state index is 10.9. The molecule has 0 unspecified atom stereocenters. The van der Waals surface area contributed by atoms with E-state index in [9.17, 15) is 10.1 Å². The first-order valence-corrected chi connectivity index (χ1v) is 10.3. The maximum Gasteiger partial charge on any atom is 0.269 e. The van der Waals surface area contributed by atoms with Crippen LogP contribution in [-0.4, -0.2) is 16.3 Å². The normalized spacial score (nSPS) is 23.0. The molecule has 3 atom stereocenters. The SMILES string of the molecule is CC(C)(C)[C@H]1CC[C@@H](Sc2ccccc2)[C@H](Oc2ccc([N+](=O)[O-])cc2)C1. The lowest BCUT2D eigenvalue weighted by Gasteiger charge is -2.41. The summed E-state index contributed by atoms with van der Waals surface area (Å²) in [5, 5.41) is 11.2. The Balaban J connectivity index is 1.76. The molecule has 3 rings (SSSR count). The topological polar surface area (TPSA) is 52.4 Å². The van der Waals surface area contributed by atoms with Gasteiger partial charge in [0.2, 0.25) is 0 Å². The van der Waals surface area contributed by atoms with Crippen molar-refractivity contribution in [3.05, 3.63) is 64.7 Å². The number of rotatable bonds is 5. The summed E-state index contributed by atoms with van der Waals surface area (Å²) >= 11 is 1.88. The Hall–Kier alpha value is -2.01. The van der Waals surface area contributed by atoms with E-state index in [-0.39, 0.29) is 22.1 Å². The smallest absolute Gasteiger partial charge is 0.269 e. The third-order valence-electron chi connectivity index (χ3n) is 5.32. The first-order valence-electron chi connectivity index (χ1n) is 9.46. The summed E-state index contributed by atoms with van der Waals surface area (Å²) in [6.07, 6.45) is 3.41. The van der Waals surface area contributed by atoms with Crippen molar-refractivity contribution in [3.63, 3.8) is 0 Å². The Bertz CT molecular complexity index is 755. The number of hydrogen-bond acceptors (Lipinski definition) is 4. The van der Waals surface area contributed by atoms with E-state index in [1.165, 1.54) is 23.4 Å². The molecule has 27 heavy (non-hydrogen) atoms. The molecule has 144 valence electrons. The lowest BCUT2D eigenvalue weighted by Crippen LogP contribution is -2.40. The Morgan fingerprint density at radius 2 is 1.70 bits per heavy atom.